The molecule has 2 rings (SSSR count). The Hall–Kier alpha value is -2.43. The Labute approximate surface area is 96.2 Å². The number of halogens is 1. The van der Waals surface area contributed by atoms with Crippen LogP contribution in [0.3, 0.4) is 0 Å². The molecule has 0 spiro atoms. The van der Waals surface area contributed by atoms with Crippen LogP contribution in [0.1, 0.15) is 10.5 Å². The second-order valence-electron chi connectivity index (χ2n) is 3.42. The number of hydrogen-bond acceptors (Lipinski definition) is 2. The van der Waals surface area contributed by atoms with Gasteiger partial charge in [0.25, 0.3) is 5.69 Å². The van der Waals surface area contributed by atoms with Crippen molar-refractivity contribution in [1.29, 1.82) is 0 Å². The average Bonchev–Trinajstić information content (AvgIpc) is 2.30. The molecule has 0 saturated heterocycles. The van der Waals surface area contributed by atoms with Gasteiger partial charge in [0.1, 0.15) is 5.82 Å². The highest BCUT2D eigenvalue weighted by Gasteiger charge is 2.23. The summed E-state index contributed by atoms with van der Waals surface area (Å²) in [5.41, 5.74) is 0.550. The van der Waals surface area contributed by atoms with Crippen molar-refractivity contribution in [3.8, 4) is 11.3 Å². The Morgan fingerprint density at radius 2 is 1.76 bits per heavy atom. The first-order valence-corrected chi connectivity index (χ1v) is 4.83. The molecular formula is C12H9FNO3+. The molecule has 0 amide bonds. The minimum atomic E-state index is -1.24. The van der Waals surface area contributed by atoms with Gasteiger partial charge in [0.15, 0.2) is 0 Å². The van der Waals surface area contributed by atoms with Crippen LogP contribution in [0, 0.1) is 5.82 Å². The standard InChI is InChI=1S/C12H8FNO3/c13-9-6-4-8(5-7-9)10-2-1-3-11(12(15)16)14(10)17/h1-7H,(H-,15,16,17)/p+1. The van der Waals surface area contributed by atoms with E-state index in [1.165, 1.54) is 36.4 Å². The van der Waals surface area contributed by atoms with Crippen molar-refractivity contribution >= 4 is 5.97 Å². The second kappa shape index (κ2) is 4.21. The van der Waals surface area contributed by atoms with Gasteiger partial charge in [0.2, 0.25) is 0 Å². The van der Waals surface area contributed by atoms with Crippen LogP contribution in [-0.4, -0.2) is 16.3 Å². The van der Waals surface area contributed by atoms with Crippen LogP contribution < -0.4 is 4.73 Å². The smallest absolute Gasteiger partial charge is 0.406 e. The molecule has 1 heterocycles. The molecule has 0 saturated carbocycles. The van der Waals surface area contributed by atoms with Gasteiger partial charge in [-0.2, -0.15) is 0 Å². The molecular weight excluding hydrogens is 225 g/mol. The lowest BCUT2D eigenvalue weighted by atomic mass is 10.1. The van der Waals surface area contributed by atoms with Crippen molar-refractivity contribution in [2.45, 2.75) is 0 Å². The number of pyridine rings is 1. The maximum atomic E-state index is 12.7. The molecule has 0 aliphatic rings. The molecule has 0 unspecified atom stereocenters. The fourth-order valence-corrected chi connectivity index (χ4v) is 1.50. The molecule has 0 aliphatic carbocycles. The summed E-state index contributed by atoms with van der Waals surface area (Å²) in [6, 6.07) is 9.72. The van der Waals surface area contributed by atoms with E-state index in [-0.39, 0.29) is 11.4 Å². The SMILES string of the molecule is O=C(O)c1cccc(-c2ccc(F)cc2)[n+]1O. The average molecular weight is 234 g/mol. The van der Waals surface area contributed by atoms with Crippen LogP contribution in [0.2, 0.25) is 0 Å². The van der Waals surface area contributed by atoms with E-state index in [0.717, 1.165) is 0 Å². The van der Waals surface area contributed by atoms with E-state index < -0.39 is 11.8 Å². The zero-order valence-corrected chi connectivity index (χ0v) is 8.67. The van der Waals surface area contributed by atoms with E-state index in [9.17, 15) is 14.4 Å². The van der Waals surface area contributed by atoms with Crippen molar-refractivity contribution in [1.82, 2.24) is 0 Å². The van der Waals surface area contributed by atoms with E-state index in [2.05, 4.69) is 0 Å². The zero-order chi connectivity index (χ0) is 12.4. The fourth-order valence-electron chi connectivity index (χ4n) is 1.50. The molecule has 5 heteroatoms. The van der Waals surface area contributed by atoms with Crippen molar-refractivity contribution in [2.75, 3.05) is 0 Å². The highest BCUT2D eigenvalue weighted by atomic mass is 19.1. The number of carbonyl (C=O) groups is 1. The highest BCUT2D eigenvalue weighted by molar-refractivity contribution is 5.83. The predicted molar refractivity (Wildman–Crippen MR) is 56.2 cm³/mol. The summed E-state index contributed by atoms with van der Waals surface area (Å²) in [6.07, 6.45) is 0. The molecule has 2 aromatic rings. The Balaban J connectivity index is 2.56. The molecule has 0 aliphatic heterocycles. The molecule has 0 fully saturated rings. The lowest BCUT2D eigenvalue weighted by molar-refractivity contribution is -0.897. The van der Waals surface area contributed by atoms with Gasteiger partial charge >= 0.3 is 11.7 Å². The van der Waals surface area contributed by atoms with Crippen molar-refractivity contribution in [3.63, 3.8) is 0 Å². The lowest BCUT2D eigenvalue weighted by Crippen LogP contribution is -2.39. The van der Waals surface area contributed by atoms with Crippen LogP contribution in [0.4, 0.5) is 4.39 Å². The molecule has 86 valence electrons. The minimum Gasteiger partial charge on any atom is -0.473 e. The molecule has 17 heavy (non-hydrogen) atoms. The Bertz CT molecular complexity index is 566. The lowest BCUT2D eigenvalue weighted by Gasteiger charge is -1.99. The first-order chi connectivity index (χ1) is 8.09. The number of aromatic nitrogens is 1. The second-order valence-corrected chi connectivity index (χ2v) is 3.42. The maximum Gasteiger partial charge on any atom is 0.406 e. The quantitative estimate of drug-likeness (QED) is 0.614. The van der Waals surface area contributed by atoms with Gasteiger partial charge in [-0.25, -0.2) is 9.18 Å². The molecule has 1 aromatic carbocycles. The van der Waals surface area contributed by atoms with Gasteiger partial charge in [-0.1, -0.05) is 0 Å². The molecule has 0 atom stereocenters. The molecule has 4 nitrogen and oxygen atoms in total. The Morgan fingerprint density at radius 3 is 2.35 bits per heavy atom. The van der Waals surface area contributed by atoms with Gasteiger partial charge in [-0.3, -0.25) is 5.21 Å². The number of benzene rings is 1. The molecule has 1 aromatic heterocycles. The van der Waals surface area contributed by atoms with Gasteiger partial charge in [-0.05, 0) is 30.3 Å². The van der Waals surface area contributed by atoms with E-state index in [1.807, 2.05) is 0 Å². The number of aromatic carboxylic acids is 1. The summed E-state index contributed by atoms with van der Waals surface area (Å²) in [6.45, 7) is 0. The summed E-state index contributed by atoms with van der Waals surface area (Å²) >= 11 is 0. The Kier molecular flexibility index (Phi) is 2.74. The number of rotatable bonds is 2. The van der Waals surface area contributed by atoms with Crippen LogP contribution in [-0.2, 0) is 0 Å². The van der Waals surface area contributed by atoms with Gasteiger partial charge in [0, 0.05) is 16.9 Å². The van der Waals surface area contributed by atoms with E-state index in [1.54, 1.807) is 6.07 Å². The highest BCUT2D eigenvalue weighted by Crippen LogP contribution is 2.15. The van der Waals surface area contributed by atoms with Gasteiger partial charge in [-0.15, -0.1) is 0 Å². The van der Waals surface area contributed by atoms with E-state index in [4.69, 9.17) is 5.11 Å². The van der Waals surface area contributed by atoms with Crippen molar-refractivity contribution < 1.29 is 24.2 Å². The van der Waals surface area contributed by atoms with Crippen LogP contribution in [0.15, 0.2) is 42.5 Å². The zero-order valence-electron chi connectivity index (χ0n) is 8.67. The predicted octanol–water partition coefficient (Wildman–Crippen LogP) is 1.72. The molecule has 2 N–H and O–H groups in total. The minimum absolute atomic E-state index is 0.258. The summed E-state index contributed by atoms with van der Waals surface area (Å²) < 4.78 is 13.3. The number of carboxylic acids is 1. The molecule has 0 radical (unpaired) electrons. The van der Waals surface area contributed by atoms with Crippen molar-refractivity contribution in [3.05, 3.63) is 54.0 Å². The third-order valence-electron chi connectivity index (χ3n) is 2.32. The first-order valence-electron chi connectivity index (χ1n) is 4.83. The topological polar surface area (TPSA) is 61.4 Å². The summed E-state index contributed by atoms with van der Waals surface area (Å²) in [5.74, 6) is -1.64. The van der Waals surface area contributed by atoms with Gasteiger partial charge < -0.3 is 5.11 Å². The summed E-state index contributed by atoms with van der Waals surface area (Å²) in [5, 5.41) is 18.6. The van der Waals surface area contributed by atoms with E-state index >= 15 is 0 Å². The summed E-state index contributed by atoms with van der Waals surface area (Å²) in [7, 11) is 0. The Morgan fingerprint density at radius 1 is 1.12 bits per heavy atom. The largest absolute Gasteiger partial charge is 0.473 e. The number of nitrogens with zero attached hydrogens (tertiary/aromatic N) is 1. The van der Waals surface area contributed by atoms with E-state index in [0.29, 0.717) is 10.3 Å². The normalized spacial score (nSPS) is 10.2. The van der Waals surface area contributed by atoms with Crippen LogP contribution >= 0.6 is 0 Å². The third-order valence-corrected chi connectivity index (χ3v) is 2.32. The van der Waals surface area contributed by atoms with Crippen molar-refractivity contribution in [2.24, 2.45) is 0 Å². The monoisotopic (exact) mass is 234 g/mol. The third kappa shape index (κ3) is 2.08. The van der Waals surface area contributed by atoms with Crippen LogP contribution in [0.25, 0.3) is 11.3 Å². The maximum absolute atomic E-state index is 12.7. The van der Waals surface area contributed by atoms with Gasteiger partial charge in [0.05, 0.1) is 5.56 Å². The first kappa shape index (κ1) is 11.1. The number of hydrogen-bond donors (Lipinski definition) is 2. The fraction of sp³-hybridized carbons (Fsp3) is 0. The number of carboxylic acid groups (broad SMARTS) is 1. The van der Waals surface area contributed by atoms with Crippen LogP contribution in [0.5, 0.6) is 0 Å². The summed E-state index contributed by atoms with van der Waals surface area (Å²) in [4.78, 5) is 10.8. The molecule has 0 bridgehead atoms.